The van der Waals surface area contributed by atoms with Crippen molar-refractivity contribution in [2.24, 2.45) is 0 Å². The second kappa shape index (κ2) is 4.71. The molecule has 90 valence electrons. The van der Waals surface area contributed by atoms with Crippen molar-refractivity contribution >= 4 is 5.91 Å². The Bertz CT molecular complexity index is 221. The van der Waals surface area contributed by atoms with Gasteiger partial charge in [-0.05, 0) is 0 Å². The van der Waals surface area contributed by atoms with E-state index in [2.05, 4.69) is 0 Å². The Hall–Kier alpha value is -0.950. The highest BCUT2D eigenvalue weighted by Crippen LogP contribution is 2.22. The molecule has 15 heavy (non-hydrogen) atoms. The average Bonchev–Trinajstić information content (AvgIpc) is 1.93. The molecule has 0 N–H and O–H groups in total. The van der Waals surface area contributed by atoms with Crippen LogP contribution in [0.3, 0.4) is 0 Å². The zero-order valence-electron chi connectivity index (χ0n) is 7.74. The summed E-state index contributed by atoms with van der Waals surface area (Å²) < 4.78 is 70.5. The largest absolute Gasteiger partial charge is 0.406 e. The van der Waals surface area contributed by atoms with Crippen LogP contribution < -0.4 is 0 Å². The molecule has 0 aliphatic rings. The van der Waals surface area contributed by atoms with Crippen LogP contribution in [-0.2, 0) is 4.79 Å². The van der Waals surface area contributed by atoms with Crippen LogP contribution in [0.25, 0.3) is 0 Å². The first kappa shape index (κ1) is 14.0. The van der Waals surface area contributed by atoms with Crippen LogP contribution in [0.4, 0.5) is 26.3 Å². The minimum atomic E-state index is -4.68. The van der Waals surface area contributed by atoms with Crippen molar-refractivity contribution in [3.05, 3.63) is 0 Å². The molecule has 0 bridgehead atoms. The van der Waals surface area contributed by atoms with Gasteiger partial charge in [-0.25, -0.2) is 0 Å². The van der Waals surface area contributed by atoms with Gasteiger partial charge in [-0.1, -0.05) is 0 Å². The number of amides is 1. The molecule has 0 saturated carbocycles. The lowest BCUT2D eigenvalue weighted by Crippen LogP contribution is -2.39. The smallest absolute Gasteiger partial charge is 0.333 e. The maximum absolute atomic E-state index is 11.8. The van der Waals surface area contributed by atoms with Crippen molar-refractivity contribution in [2.45, 2.75) is 25.7 Å². The molecular formula is C7H9F6NO. The summed E-state index contributed by atoms with van der Waals surface area (Å²) >= 11 is 0. The number of hydrogen-bond acceptors (Lipinski definition) is 1. The number of hydrogen-bond donors (Lipinski definition) is 0. The monoisotopic (exact) mass is 237 g/mol. The van der Waals surface area contributed by atoms with E-state index in [0.29, 0.717) is 0 Å². The van der Waals surface area contributed by atoms with Gasteiger partial charge in [0.25, 0.3) is 0 Å². The summed E-state index contributed by atoms with van der Waals surface area (Å²) in [5.74, 6) is -1.03. The SMILES string of the molecule is CC(=O)N(CCC(F)(F)F)CC(F)(F)F. The predicted octanol–water partition coefficient (Wildman–Crippen LogP) is 2.35. The molecule has 0 unspecified atom stereocenters. The molecule has 0 aliphatic carbocycles. The molecule has 0 atom stereocenters. The minimum Gasteiger partial charge on any atom is -0.333 e. The summed E-state index contributed by atoms with van der Waals surface area (Å²) in [6.07, 6.45) is -10.7. The van der Waals surface area contributed by atoms with Crippen LogP contribution in [0.1, 0.15) is 13.3 Å². The van der Waals surface area contributed by atoms with E-state index in [9.17, 15) is 31.1 Å². The van der Waals surface area contributed by atoms with Crippen molar-refractivity contribution in [1.82, 2.24) is 4.90 Å². The van der Waals surface area contributed by atoms with E-state index in [1.165, 1.54) is 0 Å². The summed E-state index contributed by atoms with van der Waals surface area (Å²) in [5.41, 5.74) is 0. The molecule has 0 aliphatic heterocycles. The molecule has 0 aromatic carbocycles. The molecule has 2 nitrogen and oxygen atoms in total. The fourth-order valence-corrected chi connectivity index (χ4v) is 0.826. The van der Waals surface area contributed by atoms with Crippen molar-refractivity contribution in [2.75, 3.05) is 13.1 Å². The fraction of sp³-hybridized carbons (Fsp3) is 0.857. The van der Waals surface area contributed by atoms with Gasteiger partial charge in [0.2, 0.25) is 5.91 Å². The van der Waals surface area contributed by atoms with Crippen LogP contribution in [0, 0.1) is 0 Å². The van der Waals surface area contributed by atoms with Gasteiger partial charge in [-0.15, -0.1) is 0 Å². The Labute approximate surface area is 81.8 Å². The summed E-state index contributed by atoms with van der Waals surface area (Å²) in [7, 11) is 0. The molecule has 8 heteroatoms. The zero-order chi connectivity index (χ0) is 12.3. The van der Waals surface area contributed by atoms with E-state index in [1.807, 2.05) is 0 Å². The Morgan fingerprint density at radius 2 is 1.53 bits per heavy atom. The first-order chi connectivity index (χ1) is 6.51. The molecule has 0 fully saturated rings. The molecule has 0 rings (SSSR count). The molecular weight excluding hydrogens is 228 g/mol. The Kier molecular flexibility index (Phi) is 4.42. The van der Waals surface area contributed by atoms with Crippen molar-refractivity contribution < 1.29 is 31.1 Å². The van der Waals surface area contributed by atoms with Gasteiger partial charge >= 0.3 is 12.4 Å². The zero-order valence-corrected chi connectivity index (χ0v) is 7.74. The molecule has 0 spiro atoms. The lowest BCUT2D eigenvalue weighted by atomic mass is 10.3. The minimum absolute atomic E-state index is 0.119. The van der Waals surface area contributed by atoms with Crippen molar-refractivity contribution in [1.29, 1.82) is 0 Å². The van der Waals surface area contributed by atoms with Gasteiger partial charge in [0.15, 0.2) is 0 Å². The van der Waals surface area contributed by atoms with E-state index < -0.39 is 37.8 Å². The molecule has 0 aromatic heterocycles. The van der Waals surface area contributed by atoms with Crippen molar-refractivity contribution in [3.8, 4) is 0 Å². The van der Waals surface area contributed by atoms with Crippen LogP contribution in [0.15, 0.2) is 0 Å². The van der Waals surface area contributed by atoms with Crippen LogP contribution in [0.2, 0.25) is 0 Å². The number of carbonyl (C=O) groups excluding carboxylic acids is 1. The van der Waals surface area contributed by atoms with Crippen LogP contribution in [-0.4, -0.2) is 36.2 Å². The highest BCUT2D eigenvalue weighted by molar-refractivity contribution is 5.73. The summed E-state index contributed by atoms with van der Waals surface area (Å²) in [6.45, 7) is -1.83. The lowest BCUT2D eigenvalue weighted by Gasteiger charge is -2.22. The number of rotatable bonds is 3. The predicted molar refractivity (Wildman–Crippen MR) is 39.0 cm³/mol. The second-order valence-electron chi connectivity index (χ2n) is 2.92. The number of halogens is 6. The van der Waals surface area contributed by atoms with Gasteiger partial charge in [0.05, 0.1) is 6.42 Å². The normalized spacial score (nSPS) is 12.7. The highest BCUT2D eigenvalue weighted by atomic mass is 19.4. The van der Waals surface area contributed by atoms with Gasteiger partial charge in [-0.2, -0.15) is 26.3 Å². The Morgan fingerprint density at radius 3 is 1.80 bits per heavy atom. The third-order valence-corrected chi connectivity index (χ3v) is 1.48. The van der Waals surface area contributed by atoms with Gasteiger partial charge in [0.1, 0.15) is 6.54 Å². The quantitative estimate of drug-likeness (QED) is 0.690. The molecule has 0 heterocycles. The second-order valence-corrected chi connectivity index (χ2v) is 2.92. The van der Waals surface area contributed by atoms with Crippen LogP contribution in [0.5, 0.6) is 0 Å². The Balaban J connectivity index is 4.25. The van der Waals surface area contributed by atoms with Crippen LogP contribution >= 0.6 is 0 Å². The van der Waals surface area contributed by atoms with E-state index in [4.69, 9.17) is 0 Å². The molecule has 1 amide bonds. The maximum atomic E-state index is 11.8. The first-order valence-corrected chi connectivity index (χ1v) is 3.90. The third kappa shape index (κ3) is 8.07. The topological polar surface area (TPSA) is 20.3 Å². The maximum Gasteiger partial charge on any atom is 0.406 e. The summed E-state index contributed by atoms with van der Waals surface area (Å²) in [5, 5.41) is 0. The number of nitrogens with zero attached hydrogens (tertiary/aromatic N) is 1. The van der Waals surface area contributed by atoms with E-state index in [-0.39, 0.29) is 4.90 Å². The van der Waals surface area contributed by atoms with E-state index >= 15 is 0 Å². The van der Waals surface area contributed by atoms with Crippen molar-refractivity contribution in [3.63, 3.8) is 0 Å². The summed E-state index contributed by atoms with van der Waals surface area (Å²) in [6, 6.07) is 0. The molecule has 0 saturated heterocycles. The third-order valence-electron chi connectivity index (χ3n) is 1.48. The Morgan fingerprint density at radius 1 is 1.07 bits per heavy atom. The fourth-order valence-electron chi connectivity index (χ4n) is 0.826. The summed E-state index contributed by atoms with van der Waals surface area (Å²) in [4.78, 5) is 10.7. The number of carbonyl (C=O) groups is 1. The molecule has 0 aromatic rings. The number of alkyl halides is 6. The lowest BCUT2D eigenvalue weighted by molar-refractivity contribution is -0.169. The van der Waals surface area contributed by atoms with Gasteiger partial charge in [-0.3, -0.25) is 4.79 Å². The van der Waals surface area contributed by atoms with Gasteiger partial charge < -0.3 is 4.90 Å². The van der Waals surface area contributed by atoms with E-state index in [1.54, 1.807) is 0 Å². The molecule has 0 radical (unpaired) electrons. The van der Waals surface area contributed by atoms with E-state index in [0.717, 1.165) is 6.92 Å². The standard InChI is InChI=1S/C7H9F6NO/c1-5(15)14(4-7(11,12)13)3-2-6(8,9)10/h2-4H2,1H3. The van der Waals surface area contributed by atoms with Gasteiger partial charge in [0, 0.05) is 13.5 Å². The average molecular weight is 237 g/mol. The first-order valence-electron chi connectivity index (χ1n) is 3.90. The highest BCUT2D eigenvalue weighted by Gasteiger charge is 2.34.